The van der Waals surface area contributed by atoms with Crippen molar-refractivity contribution in [3.8, 4) is 0 Å². The summed E-state index contributed by atoms with van der Waals surface area (Å²) in [6.07, 6.45) is 4.15. The van der Waals surface area contributed by atoms with Gasteiger partial charge in [0.15, 0.2) is 0 Å². The van der Waals surface area contributed by atoms with Crippen LogP contribution in [0, 0.1) is 0 Å². The van der Waals surface area contributed by atoms with E-state index in [9.17, 15) is 5.11 Å². The summed E-state index contributed by atoms with van der Waals surface area (Å²) >= 11 is 0. The van der Waals surface area contributed by atoms with Crippen LogP contribution in [0.4, 0.5) is 0 Å². The van der Waals surface area contributed by atoms with Crippen LogP contribution in [-0.2, 0) is 0 Å². The Morgan fingerprint density at radius 3 is 2.17 bits per heavy atom. The van der Waals surface area contributed by atoms with Crippen LogP contribution in [0.2, 0.25) is 0 Å². The second kappa shape index (κ2) is 5.85. The van der Waals surface area contributed by atoms with Crippen LogP contribution in [0.1, 0.15) is 51.2 Å². The standard InChI is InChI=1S/C16H25NO/c1-3-16(4-2,17-12-8-9-13-17)15(18)14-10-6-5-7-11-14/h5-7,10-11,15,18H,3-4,8-9,12-13H2,1-2H3. The van der Waals surface area contributed by atoms with Gasteiger partial charge in [-0.25, -0.2) is 0 Å². The number of aliphatic hydroxyl groups excluding tert-OH is 1. The second-order valence-electron chi connectivity index (χ2n) is 5.32. The number of likely N-dealkylation sites (tertiary alicyclic amines) is 1. The van der Waals surface area contributed by atoms with Gasteiger partial charge in [-0.3, -0.25) is 4.90 Å². The maximum atomic E-state index is 10.8. The topological polar surface area (TPSA) is 23.5 Å². The smallest absolute Gasteiger partial charge is 0.0973 e. The number of hydrogen-bond donors (Lipinski definition) is 1. The number of aliphatic hydroxyl groups is 1. The van der Waals surface area contributed by atoms with Crippen LogP contribution in [0.25, 0.3) is 0 Å². The van der Waals surface area contributed by atoms with E-state index >= 15 is 0 Å². The van der Waals surface area contributed by atoms with E-state index in [0.717, 1.165) is 31.5 Å². The molecule has 1 aromatic rings. The van der Waals surface area contributed by atoms with Crippen LogP contribution < -0.4 is 0 Å². The summed E-state index contributed by atoms with van der Waals surface area (Å²) in [5, 5.41) is 10.8. The molecule has 2 nitrogen and oxygen atoms in total. The third kappa shape index (κ3) is 2.32. The highest BCUT2D eigenvalue weighted by molar-refractivity contribution is 5.21. The van der Waals surface area contributed by atoms with Crippen molar-refractivity contribution in [2.24, 2.45) is 0 Å². The quantitative estimate of drug-likeness (QED) is 0.862. The summed E-state index contributed by atoms with van der Waals surface area (Å²) < 4.78 is 0. The van der Waals surface area contributed by atoms with E-state index in [-0.39, 0.29) is 11.6 Å². The van der Waals surface area contributed by atoms with E-state index in [1.807, 2.05) is 30.3 Å². The zero-order valence-electron chi connectivity index (χ0n) is 11.6. The van der Waals surface area contributed by atoms with Crippen molar-refractivity contribution in [3.63, 3.8) is 0 Å². The SMILES string of the molecule is CCC(CC)(C(O)c1ccccc1)N1CCCC1. The first-order valence-corrected chi connectivity index (χ1v) is 7.22. The molecule has 0 amide bonds. The second-order valence-corrected chi connectivity index (χ2v) is 5.32. The minimum Gasteiger partial charge on any atom is -0.386 e. The van der Waals surface area contributed by atoms with Gasteiger partial charge in [-0.15, -0.1) is 0 Å². The molecule has 1 atom stereocenters. The Balaban J connectivity index is 2.28. The van der Waals surface area contributed by atoms with E-state index < -0.39 is 0 Å². The Morgan fingerprint density at radius 1 is 1.11 bits per heavy atom. The van der Waals surface area contributed by atoms with Crippen LogP contribution in [0.15, 0.2) is 30.3 Å². The predicted molar refractivity (Wildman–Crippen MR) is 75.5 cm³/mol. The van der Waals surface area contributed by atoms with E-state index in [2.05, 4.69) is 18.7 Å². The Hall–Kier alpha value is -0.860. The molecule has 1 N–H and O–H groups in total. The van der Waals surface area contributed by atoms with Crippen LogP contribution in [0.3, 0.4) is 0 Å². The Kier molecular flexibility index (Phi) is 4.41. The molecule has 0 bridgehead atoms. The van der Waals surface area contributed by atoms with Crippen molar-refractivity contribution < 1.29 is 5.11 Å². The van der Waals surface area contributed by atoms with Crippen molar-refractivity contribution >= 4 is 0 Å². The number of hydrogen-bond acceptors (Lipinski definition) is 2. The zero-order chi connectivity index (χ0) is 13.0. The van der Waals surface area contributed by atoms with E-state index in [1.165, 1.54) is 12.8 Å². The van der Waals surface area contributed by atoms with Crippen molar-refractivity contribution in [1.29, 1.82) is 0 Å². The van der Waals surface area contributed by atoms with Gasteiger partial charge in [-0.05, 0) is 44.3 Å². The maximum absolute atomic E-state index is 10.8. The molecule has 100 valence electrons. The minimum absolute atomic E-state index is 0.0855. The zero-order valence-corrected chi connectivity index (χ0v) is 11.6. The highest BCUT2D eigenvalue weighted by Crippen LogP contribution is 2.39. The van der Waals surface area contributed by atoms with Gasteiger partial charge in [-0.2, -0.15) is 0 Å². The first-order valence-electron chi connectivity index (χ1n) is 7.22. The van der Waals surface area contributed by atoms with E-state index in [4.69, 9.17) is 0 Å². The lowest BCUT2D eigenvalue weighted by molar-refractivity contribution is -0.0294. The number of benzene rings is 1. The molecule has 1 unspecified atom stereocenters. The molecule has 2 heteroatoms. The lowest BCUT2D eigenvalue weighted by Crippen LogP contribution is -2.51. The summed E-state index contributed by atoms with van der Waals surface area (Å²) in [6.45, 7) is 6.67. The Morgan fingerprint density at radius 2 is 1.67 bits per heavy atom. The summed E-state index contributed by atoms with van der Waals surface area (Å²) in [5.41, 5.74) is 0.964. The normalized spacial score (nSPS) is 19.1. The molecule has 0 radical (unpaired) electrons. The molecule has 1 aliphatic heterocycles. The summed E-state index contributed by atoms with van der Waals surface area (Å²) in [7, 11) is 0. The molecular weight excluding hydrogens is 222 g/mol. The lowest BCUT2D eigenvalue weighted by Gasteiger charge is -2.44. The van der Waals surface area contributed by atoms with E-state index in [0.29, 0.717) is 0 Å². The average molecular weight is 247 g/mol. The highest BCUT2D eigenvalue weighted by atomic mass is 16.3. The van der Waals surface area contributed by atoms with Gasteiger partial charge in [0.2, 0.25) is 0 Å². The summed E-state index contributed by atoms with van der Waals surface area (Å²) in [5.74, 6) is 0. The van der Waals surface area contributed by atoms with Crippen LogP contribution in [-0.4, -0.2) is 28.6 Å². The van der Waals surface area contributed by atoms with Gasteiger partial charge in [0.1, 0.15) is 0 Å². The van der Waals surface area contributed by atoms with Gasteiger partial charge in [0.25, 0.3) is 0 Å². The fourth-order valence-corrected chi connectivity index (χ4v) is 3.36. The molecule has 1 saturated heterocycles. The van der Waals surface area contributed by atoms with Crippen LogP contribution in [0.5, 0.6) is 0 Å². The maximum Gasteiger partial charge on any atom is 0.0973 e. The summed E-state index contributed by atoms with van der Waals surface area (Å²) in [6, 6.07) is 10.1. The molecule has 18 heavy (non-hydrogen) atoms. The molecule has 0 aromatic heterocycles. The molecule has 1 aromatic carbocycles. The monoisotopic (exact) mass is 247 g/mol. The minimum atomic E-state index is -0.383. The van der Waals surface area contributed by atoms with Crippen molar-refractivity contribution in [1.82, 2.24) is 4.90 Å². The average Bonchev–Trinajstić information content (AvgIpc) is 2.96. The molecular formula is C16H25NO. The fourth-order valence-electron chi connectivity index (χ4n) is 3.36. The van der Waals surface area contributed by atoms with Crippen LogP contribution >= 0.6 is 0 Å². The lowest BCUT2D eigenvalue weighted by atomic mass is 9.81. The van der Waals surface area contributed by atoms with Crippen molar-refractivity contribution in [3.05, 3.63) is 35.9 Å². The molecule has 2 rings (SSSR count). The first-order chi connectivity index (χ1) is 8.74. The Labute approximate surface area is 111 Å². The van der Waals surface area contributed by atoms with Crippen molar-refractivity contribution in [2.75, 3.05) is 13.1 Å². The summed E-state index contributed by atoms with van der Waals surface area (Å²) in [4.78, 5) is 2.50. The van der Waals surface area contributed by atoms with Crippen molar-refractivity contribution in [2.45, 2.75) is 51.2 Å². The number of rotatable bonds is 5. The molecule has 0 aliphatic carbocycles. The largest absolute Gasteiger partial charge is 0.386 e. The van der Waals surface area contributed by atoms with Gasteiger partial charge >= 0.3 is 0 Å². The van der Waals surface area contributed by atoms with E-state index in [1.54, 1.807) is 0 Å². The van der Waals surface area contributed by atoms with Gasteiger partial charge < -0.3 is 5.11 Å². The third-order valence-corrected chi connectivity index (χ3v) is 4.58. The third-order valence-electron chi connectivity index (χ3n) is 4.58. The molecule has 0 spiro atoms. The molecule has 1 fully saturated rings. The Bertz CT molecular complexity index is 353. The predicted octanol–water partition coefficient (Wildman–Crippen LogP) is 3.37. The molecule has 1 heterocycles. The molecule has 1 aliphatic rings. The molecule has 0 saturated carbocycles. The number of nitrogens with zero attached hydrogens (tertiary/aromatic N) is 1. The van der Waals surface area contributed by atoms with Gasteiger partial charge in [0.05, 0.1) is 11.6 Å². The van der Waals surface area contributed by atoms with Gasteiger partial charge in [-0.1, -0.05) is 44.2 Å². The highest BCUT2D eigenvalue weighted by Gasteiger charge is 2.41. The fraction of sp³-hybridized carbons (Fsp3) is 0.625. The first kappa shape index (κ1) is 13.6. The van der Waals surface area contributed by atoms with Gasteiger partial charge in [0, 0.05) is 0 Å².